The normalized spacial score (nSPS) is 16.3. The van der Waals surface area contributed by atoms with Gasteiger partial charge < -0.3 is 14.4 Å². The van der Waals surface area contributed by atoms with Gasteiger partial charge in [-0.05, 0) is 44.4 Å². The molecule has 3 rings (SSSR count). The number of rotatable bonds is 6. The van der Waals surface area contributed by atoms with Gasteiger partial charge in [-0.2, -0.15) is 0 Å². The van der Waals surface area contributed by atoms with Gasteiger partial charge in [0.25, 0.3) is 0 Å². The van der Waals surface area contributed by atoms with Gasteiger partial charge in [-0.25, -0.2) is 9.78 Å². The SMILES string of the molecule is COCCC(C)n1c(C2CC2)nc2ccc(C(=O)O)cc21. The first kappa shape index (κ1) is 14.1. The van der Waals surface area contributed by atoms with E-state index in [9.17, 15) is 9.90 Å². The van der Waals surface area contributed by atoms with Crippen LogP contribution in [0.4, 0.5) is 0 Å². The first-order valence-corrected chi connectivity index (χ1v) is 7.36. The van der Waals surface area contributed by atoms with Crippen LogP contribution in [0.2, 0.25) is 0 Å². The van der Waals surface area contributed by atoms with E-state index >= 15 is 0 Å². The first-order valence-electron chi connectivity index (χ1n) is 7.36. The Balaban J connectivity index is 2.09. The minimum Gasteiger partial charge on any atom is -0.478 e. The van der Waals surface area contributed by atoms with Crippen LogP contribution in [0, 0.1) is 0 Å². The van der Waals surface area contributed by atoms with Crippen molar-refractivity contribution >= 4 is 17.0 Å². The lowest BCUT2D eigenvalue weighted by Gasteiger charge is -2.17. The lowest BCUT2D eigenvalue weighted by molar-refractivity contribution is 0.0697. The Hall–Kier alpha value is -1.88. The smallest absolute Gasteiger partial charge is 0.335 e. The zero-order chi connectivity index (χ0) is 15.0. The molecule has 0 saturated heterocycles. The molecule has 1 aromatic carbocycles. The molecule has 0 aliphatic heterocycles. The lowest BCUT2D eigenvalue weighted by atomic mass is 10.1. The molecule has 112 valence electrons. The van der Waals surface area contributed by atoms with Crippen molar-refractivity contribution in [1.82, 2.24) is 9.55 Å². The largest absolute Gasteiger partial charge is 0.478 e. The summed E-state index contributed by atoms with van der Waals surface area (Å²) in [7, 11) is 1.70. The second-order valence-electron chi connectivity index (χ2n) is 5.75. The highest BCUT2D eigenvalue weighted by Gasteiger charge is 2.31. The van der Waals surface area contributed by atoms with E-state index in [-0.39, 0.29) is 6.04 Å². The van der Waals surface area contributed by atoms with Crippen molar-refractivity contribution in [2.24, 2.45) is 0 Å². The minimum absolute atomic E-state index is 0.245. The standard InChI is InChI=1S/C16H20N2O3/c1-10(7-8-21-2)18-14-9-12(16(19)20)5-6-13(14)17-15(18)11-3-4-11/h5-6,9-11H,3-4,7-8H2,1-2H3,(H,19,20). The number of carboxylic acid groups (broad SMARTS) is 1. The van der Waals surface area contributed by atoms with Crippen LogP contribution in [-0.4, -0.2) is 34.3 Å². The molecule has 1 atom stereocenters. The Kier molecular flexibility index (Phi) is 3.68. The number of nitrogens with zero attached hydrogens (tertiary/aromatic N) is 2. The molecule has 0 bridgehead atoms. The van der Waals surface area contributed by atoms with Crippen molar-refractivity contribution in [2.75, 3.05) is 13.7 Å². The van der Waals surface area contributed by atoms with E-state index in [4.69, 9.17) is 9.72 Å². The maximum absolute atomic E-state index is 11.2. The molecular weight excluding hydrogens is 268 g/mol. The minimum atomic E-state index is -0.901. The number of aromatic nitrogens is 2. The van der Waals surface area contributed by atoms with E-state index in [1.165, 1.54) is 12.8 Å². The van der Waals surface area contributed by atoms with E-state index in [2.05, 4.69) is 11.5 Å². The summed E-state index contributed by atoms with van der Waals surface area (Å²) in [5.74, 6) is 0.717. The molecule has 0 radical (unpaired) electrons. The summed E-state index contributed by atoms with van der Waals surface area (Å²) in [6.07, 6.45) is 3.23. The molecule has 21 heavy (non-hydrogen) atoms. The van der Waals surface area contributed by atoms with E-state index in [0.29, 0.717) is 18.1 Å². The molecule has 5 heteroatoms. The second-order valence-corrected chi connectivity index (χ2v) is 5.75. The molecule has 5 nitrogen and oxygen atoms in total. The number of methoxy groups -OCH3 is 1. The number of carbonyl (C=O) groups is 1. The number of ether oxygens (including phenoxy) is 1. The maximum atomic E-state index is 11.2. The fourth-order valence-electron chi connectivity index (χ4n) is 2.75. The van der Waals surface area contributed by atoms with Crippen molar-refractivity contribution in [3.05, 3.63) is 29.6 Å². The molecule has 1 heterocycles. The number of benzene rings is 1. The summed E-state index contributed by atoms with van der Waals surface area (Å²) in [5, 5.41) is 9.19. The van der Waals surface area contributed by atoms with Crippen LogP contribution in [0.1, 0.15) is 54.3 Å². The highest BCUT2D eigenvalue weighted by Crippen LogP contribution is 2.42. The topological polar surface area (TPSA) is 64.4 Å². The van der Waals surface area contributed by atoms with Crippen LogP contribution < -0.4 is 0 Å². The first-order chi connectivity index (χ1) is 10.1. The highest BCUT2D eigenvalue weighted by molar-refractivity contribution is 5.92. The Morgan fingerprint density at radius 1 is 1.52 bits per heavy atom. The third-order valence-corrected chi connectivity index (χ3v) is 4.09. The molecule has 1 aliphatic rings. The van der Waals surface area contributed by atoms with E-state index in [0.717, 1.165) is 23.3 Å². The Labute approximate surface area is 123 Å². The number of carboxylic acids is 1. The molecule has 1 aliphatic carbocycles. The third-order valence-electron chi connectivity index (χ3n) is 4.09. The van der Waals surface area contributed by atoms with E-state index in [1.54, 1.807) is 19.2 Å². The number of imidazole rings is 1. The Bertz CT molecular complexity index is 673. The van der Waals surface area contributed by atoms with E-state index in [1.807, 2.05) is 6.07 Å². The van der Waals surface area contributed by atoms with Crippen molar-refractivity contribution in [1.29, 1.82) is 0 Å². The average molecular weight is 288 g/mol. The van der Waals surface area contributed by atoms with Gasteiger partial charge in [0.15, 0.2) is 0 Å². The van der Waals surface area contributed by atoms with Gasteiger partial charge in [0, 0.05) is 25.7 Å². The quantitative estimate of drug-likeness (QED) is 0.886. The van der Waals surface area contributed by atoms with Crippen LogP contribution in [0.3, 0.4) is 0 Å². The van der Waals surface area contributed by atoms with E-state index < -0.39 is 5.97 Å². The number of fused-ring (bicyclic) bond motifs is 1. The number of hydrogen-bond acceptors (Lipinski definition) is 3. The monoisotopic (exact) mass is 288 g/mol. The molecule has 1 unspecified atom stereocenters. The van der Waals surface area contributed by atoms with Crippen LogP contribution in [0.25, 0.3) is 11.0 Å². The maximum Gasteiger partial charge on any atom is 0.335 e. The number of hydrogen-bond donors (Lipinski definition) is 1. The molecule has 1 aromatic heterocycles. The highest BCUT2D eigenvalue weighted by atomic mass is 16.5. The fourth-order valence-corrected chi connectivity index (χ4v) is 2.75. The van der Waals surface area contributed by atoms with Crippen molar-refractivity contribution in [2.45, 2.75) is 38.1 Å². The Morgan fingerprint density at radius 2 is 2.29 bits per heavy atom. The number of aromatic carboxylic acids is 1. The van der Waals surface area contributed by atoms with Gasteiger partial charge in [-0.15, -0.1) is 0 Å². The van der Waals surface area contributed by atoms with Gasteiger partial charge in [0.2, 0.25) is 0 Å². The van der Waals surface area contributed by atoms with Crippen LogP contribution in [0.5, 0.6) is 0 Å². The summed E-state index contributed by atoms with van der Waals surface area (Å²) >= 11 is 0. The van der Waals surface area contributed by atoms with Crippen molar-refractivity contribution < 1.29 is 14.6 Å². The van der Waals surface area contributed by atoms with Crippen LogP contribution in [-0.2, 0) is 4.74 Å². The second kappa shape index (κ2) is 5.48. The molecular formula is C16H20N2O3. The van der Waals surface area contributed by atoms with Crippen molar-refractivity contribution in [3.8, 4) is 0 Å². The Morgan fingerprint density at radius 3 is 2.90 bits per heavy atom. The molecule has 2 aromatic rings. The fraction of sp³-hybridized carbons (Fsp3) is 0.500. The van der Waals surface area contributed by atoms with Gasteiger partial charge >= 0.3 is 5.97 Å². The summed E-state index contributed by atoms with van der Waals surface area (Å²) in [4.78, 5) is 15.9. The van der Waals surface area contributed by atoms with Gasteiger partial charge in [-0.1, -0.05) is 0 Å². The molecule has 0 amide bonds. The van der Waals surface area contributed by atoms with Gasteiger partial charge in [0.05, 0.1) is 16.6 Å². The summed E-state index contributed by atoms with van der Waals surface area (Å²) in [5.41, 5.74) is 2.11. The summed E-state index contributed by atoms with van der Waals surface area (Å²) < 4.78 is 7.38. The summed E-state index contributed by atoms with van der Waals surface area (Å²) in [6, 6.07) is 5.41. The zero-order valence-electron chi connectivity index (χ0n) is 12.4. The third kappa shape index (κ3) is 2.65. The summed E-state index contributed by atoms with van der Waals surface area (Å²) in [6.45, 7) is 2.82. The van der Waals surface area contributed by atoms with Gasteiger partial charge in [0.1, 0.15) is 5.82 Å². The van der Waals surface area contributed by atoms with Crippen LogP contribution >= 0.6 is 0 Å². The molecule has 1 saturated carbocycles. The van der Waals surface area contributed by atoms with Crippen molar-refractivity contribution in [3.63, 3.8) is 0 Å². The molecule has 0 spiro atoms. The van der Waals surface area contributed by atoms with Gasteiger partial charge in [-0.3, -0.25) is 0 Å². The van der Waals surface area contributed by atoms with Crippen LogP contribution in [0.15, 0.2) is 18.2 Å². The molecule has 1 N–H and O–H groups in total. The molecule has 1 fully saturated rings. The zero-order valence-corrected chi connectivity index (χ0v) is 12.4. The predicted octanol–water partition coefficient (Wildman–Crippen LogP) is 3.21. The average Bonchev–Trinajstić information content (AvgIpc) is 3.24. The lowest BCUT2D eigenvalue weighted by Crippen LogP contribution is -2.11. The predicted molar refractivity (Wildman–Crippen MR) is 79.9 cm³/mol.